The number of nitrogens with zero attached hydrogens (tertiary/aromatic N) is 3. The third kappa shape index (κ3) is 4.68. The number of rotatable bonds is 6. The van der Waals surface area contributed by atoms with Crippen LogP contribution in [0.3, 0.4) is 0 Å². The van der Waals surface area contributed by atoms with Crippen LogP contribution in [0.1, 0.15) is 49.7 Å². The number of anilines is 2. The van der Waals surface area contributed by atoms with Crippen LogP contribution in [0.5, 0.6) is 0 Å². The van der Waals surface area contributed by atoms with E-state index in [2.05, 4.69) is 20.7 Å². The first kappa shape index (κ1) is 20.3. The Morgan fingerprint density at radius 3 is 2.14 bits per heavy atom. The van der Waals surface area contributed by atoms with Gasteiger partial charge in [-0.2, -0.15) is 5.10 Å². The van der Waals surface area contributed by atoms with Crippen LogP contribution < -0.4 is 10.6 Å². The second-order valence-electron chi connectivity index (χ2n) is 7.37. The number of aromatic nitrogens is 3. The van der Waals surface area contributed by atoms with E-state index in [1.807, 2.05) is 45.9 Å². The Balaban J connectivity index is 1.79. The molecule has 3 rings (SSSR count). The maximum atomic E-state index is 12.9. The van der Waals surface area contributed by atoms with E-state index in [1.54, 1.807) is 41.3 Å². The number of carbonyl (C=O) groups excluding carboxylic acids is 2. The number of pyridine rings is 1. The average molecular weight is 391 g/mol. The van der Waals surface area contributed by atoms with E-state index >= 15 is 0 Å². The minimum absolute atomic E-state index is 0.0507. The number of nitrogens with one attached hydrogen (secondary N) is 2. The van der Waals surface area contributed by atoms with Gasteiger partial charge in [-0.1, -0.05) is 33.8 Å². The van der Waals surface area contributed by atoms with Crippen molar-refractivity contribution in [1.82, 2.24) is 14.8 Å². The van der Waals surface area contributed by atoms with Gasteiger partial charge in [-0.15, -0.1) is 0 Å². The summed E-state index contributed by atoms with van der Waals surface area (Å²) in [5.41, 5.74) is 2.62. The van der Waals surface area contributed by atoms with Crippen LogP contribution in [0.25, 0.3) is 5.82 Å². The zero-order chi connectivity index (χ0) is 21.0. The van der Waals surface area contributed by atoms with Gasteiger partial charge in [0.2, 0.25) is 5.91 Å². The highest BCUT2D eigenvalue weighted by Crippen LogP contribution is 2.23. The quantitative estimate of drug-likeness (QED) is 0.658. The molecule has 3 aromatic rings. The molecule has 0 atom stereocenters. The largest absolute Gasteiger partial charge is 0.326 e. The molecule has 0 unspecified atom stereocenters. The van der Waals surface area contributed by atoms with Crippen LogP contribution in [0, 0.1) is 5.92 Å². The summed E-state index contributed by atoms with van der Waals surface area (Å²) in [7, 11) is 0. The zero-order valence-corrected chi connectivity index (χ0v) is 17.0. The fourth-order valence-corrected chi connectivity index (χ4v) is 2.87. The lowest BCUT2D eigenvalue weighted by Gasteiger charge is -2.13. The lowest BCUT2D eigenvalue weighted by atomic mass is 10.1. The molecular formula is C22H25N5O2. The van der Waals surface area contributed by atoms with Crippen molar-refractivity contribution >= 4 is 23.2 Å². The predicted octanol–water partition coefficient (Wildman–Crippen LogP) is 4.24. The minimum atomic E-state index is -0.241. The maximum absolute atomic E-state index is 12.9. The highest BCUT2D eigenvalue weighted by atomic mass is 16.2. The Kier molecular flexibility index (Phi) is 6.07. The van der Waals surface area contributed by atoms with Crippen molar-refractivity contribution in [3.8, 4) is 5.82 Å². The maximum Gasteiger partial charge on any atom is 0.259 e. The van der Waals surface area contributed by atoms with Gasteiger partial charge in [-0.3, -0.25) is 9.59 Å². The molecule has 0 saturated carbocycles. The van der Waals surface area contributed by atoms with Crippen molar-refractivity contribution in [2.24, 2.45) is 5.92 Å². The molecule has 2 heterocycles. The van der Waals surface area contributed by atoms with Crippen LogP contribution in [-0.2, 0) is 4.79 Å². The Morgan fingerprint density at radius 2 is 1.59 bits per heavy atom. The molecule has 150 valence electrons. The van der Waals surface area contributed by atoms with Crippen molar-refractivity contribution < 1.29 is 9.59 Å². The summed E-state index contributed by atoms with van der Waals surface area (Å²) in [6.45, 7) is 7.70. The molecule has 2 amide bonds. The van der Waals surface area contributed by atoms with Gasteiger partial charge in [0.05, 0.1) is 17.5 Å². The monoisotopic (exact) mass is 391 g/mol. The summed E-state index contributed by atoms with van der Waals surface area (Å²) in [4.78, 5) is 29.0. The number of hydrogen-bond donors (Lipinski definition) is 2. The minimum Gasteiger partial charge on any atom is -0.326 e. The summed E-state index contributed by atoms with van der Waals surface area (Å²) in [5.74, 6) is 0.356. The first-order valence-corrected chi connectivity index (χ1v) is 9.58. The van der Waals surface area contributed by atoms with Gasteiger partial charge in [0, 0.05) is 23.5 Å². The van der Waals surface area contributed by atoms with Gasteiger partial charge in [-0.25, -0.2) is 9.67 Å². The van der Waals surface area contributed by atoms with Crippen molar-refractivity contribution in [1.29, 1.82) is 0 Å². The lowest BCUT2D eigenvalue weighted by Crippen LogP contribution is -2.18. The molecule has 2 aromatic heterocycles. The fourth-order valence-electron chi connectivity index (χ4n) is 2.87. The molecule has 7 nitrogen and oxygen atoms in total. The number of carbonyl (C=O) groups is 2. The van der Waals surface area contributed by atoms with Gasteiger partial charge in [0.1, 0.15) is 0 Å². The normalized spacial score (nSPS) is 11.0. The molecule has 0 aliphatic carbocycles. The number of amides is 2. The van der Waals surface area contributed by atoms with Gasteiger partial charge in [0.25, 0.3) is 5.91 Å². The van der Waals surface area contributed by atoms with E-state index in [1.165, 1.54) is 0 Å². The molecule has 0 aliphatic heterocycles. The van der Waals surface area contributed by atoms with E-state index in [4.69, 9.17) is 0 Å². The summed E-state index contributed by atoms with van der Waals surface area (Å²) < 4.78 is 1.70. The molecule has 0 bridgehead atoms. The molecule has 0 saturated heterocycles. The lowest BCUT2D eigenvalue weighted by molar-refractivity contribution is -0.118. The first-order chi connectivity index (χ1) is 13.9. The SMILES string of the molecule is CC(C)C(=O)Nc1ccc(NC(=O)c2cnn(-c3ccccn3)c2C(C)C)cc1. The van der Waals surface area contributed by atoms with Crippen molar-refractivity contribution in [3.63, 3.8) is 0 Å². The van der Waals surface area contributed by atoms with Gasteiger partial charge in [0.15, 0.2) is 5.82 Å². The predicted molar refractivity (Wildman–Crippen MR) is 113 cm³/mol. The van der Waals surface area contributed by atoms with Gasteiger partial charge < -0.3 is 10.6 Å². The summed E-state index contributed by atoms with van der Waals surface area (Å²) in [6.07, 6.45) is 3.26. The molecule has 0 radical (unpaired) electrons. The fraction of sp³-hybridized carbons (Fsp3) is 0.273. The van der Waals surface area contributed by atoms with E-state index in [0.717, 1.165) is 5.69 Å². The van der Waals surface area contributed by atoms with E-state index in [-0.39, 0.29) is 23.7 Å². The topological polar surface area (TPSA) is 88.9 Å². The Morgan fingerprint density at radius 1 is 0.931 bits per heavy atom. The summed E-state index contributed by atoms with van der Waals surface area (Å²) >= 11 is 0. The van der Waals surface area contributed by atoms with E-state index in [9.17, 15) is 9.59 Å². The number of benzene rings is 1. The molecule has 7 heteroatoms. The third-order valence-corrected chi connectivity index (χ3v) is 4.40. The highest BCUT2D eigenvalue weighted by Gasteiger charge is 2.21. The van der Waals surface area contributed by atoms with Crippen molar-refractivity contribution in [3.05, 3.63) is 66.1 Å². The molecule has 2 N–H and O–H groups in total. The number of hydrogen-bond acceptors (Lipinski definition) is 4. The van der Waals surface area contributed by atoms with Crippen LogP contribution in [-0.4, -0.2) is 26.6 Å². The van der Waals surface area contributed by atoms with Gasteiger partial charge >= 0.3 is 0 Å². The standard InChI is InChI=1S/C22H25N5O2/c1-14(2)20-18(13-24-27(20)19-7-5-6-12-23-19)22(29)26-17-10-8-16(9-11-17)25-21(28)15(3)4/h5-15H,1-4H3,(H,25,28)(H,26,29). The average Bonchev–Trinajstić information content (AvgIpc) is 3.15. The first-order valence-electron chi connectivity index (χ1n) is 9.58. The van der Waals surface area contributed by atoms with E-state index in [0.29, 0.717) is 22.8 Å². The van der Waals surface area contributed by atoms with Crippen LogP contribution in [0.2, 0.25) is 0 Å². The second-order valence-corrected chi connectivity index (χ2v) is 7.37. The smallest absolute Gasteiger partial charge is 0.259 e. The molecule has 0 spiro atoms. The van der Waals surface area contributed by atoms with Crippen molar-refractivity contribution in [2.45, 2.75) is 33.6 Å². The van der Waals surface area contributed by atoms with Crippen LogP contribution in [0.4, 0.5) is 11.4 Å². The van der Waals surface area contributed by atoms with Crippen LogP contribution in [0.15, 0.2) is 54.9 Å². The second kappa shape index (κ2) is 8.68. The zero-order valence-electron chi connectivity index (χ0n) is 17.0. The highest BCUT2D eigenvalue weighted by molar-refractivity contribution is 6.05. The Bertz CT molecular complexity index is 992. The van der Waals surface area contributed by atoms with Crippen LogP contribution >= 0.6 is 0 Å². The summed E-state index contributed by atoms with van der Waals surface area (Å²) in [6, 6.07) is 12.6. The molecule has 0 aliphatic rings. The third-order valence-electron chi connectivity index (χ3n) is 4.40. The molecule has 29 heavy (non-hydrogen) atoms. The Labute approximate surface area is 170 Å². The molecule has 0 fully saturated rings. The Hall–Kier alpha value is -3.48. The molecular weight excluding hydrogens is 366 g/mol. The van der Waals surface area contributed by atoms with E-state index < -0.39 is 0 Å². The van der Waals surface area contributed by atoms with Crippen molar-refractivity contribution in [2.75, 3.05) is 10.6 Å². The van der Waals surface area contributed by atoms with Gasteiger partial charge in [-0.05, 0) is 42.3 Å². The molecule has 1 aromatic carbocycles. The summed E-state index contributed by atoms with van der Waals surface area (Å²) in [5, 5.41) is 10.1.